The van der Waals surface area contributed by atoms with E-state index in [1.54, 1.807) is 87.6 Å². The van der Waals surface area contributed by atoms with Crippen molar-refractivity contribution in [1.29, 1.82) is 0 Å². The lowest BCUT2D eigenvalue weighted by Gasteiger charge is -2.13. The number of fused-ring (bicyclic) bond motifs is 1. The Labute approximate surface area is 229 Å². The first kappa shape index (κ1) is 25.9. The van der Waals surface area contributed by atoms with Gasteiger partial charge in [-0.3, -0.25) is 19.3 Å². The first-order valence-electron chi connectivity index (χ1n) is 12.0. The normalized spacial score (nSPS) is 10.9. The molecule has 0 unspecified atom stereocenters. The van der Waals surface area contributed by atoms with Gasteiger partial charge in [0.05, 0.1) is 41.8 Å². The van der Waals surface area contributed by atoms with Crippen molar-refractivity contribution in [2.45, 2.75) is 6.92 Å². The second kappa shape index (κ2) is 10.5. The molecule has 10 heteroatoms. The van der Waals surface area contributed by atoms with Gasteiger partial charge in [0.25, 0.3) is 11.5 Å². The maximum Gasteiger partial charge on any atom is 0.284 e. The fraction of sp³-hybridized carbons (Fsp3) is 0.138. The highest BCUT2D eigenvalue weighted by atomic mass is 35.5. The van der Waals surface area contributed by atoms with Crippen LogP contribution in [0.25, 0.3) is 16.6 Å². The highest BCUT2D eigenvalue weighted by Gasteiger charge is 2.23. The lowest BCUT2D eigenvalue weighted by Crippen LogP contribution is -2.25. The second-order valence-corrected chi connectivity index (χ2v) is 9.07. The molecule has 2 aromatic heterocycles. The zero-order chi connectivity index (χ0) is 27.7. The number of rotatable bonds is 7. The third kappa shape index (κ3) is 4.80. The molecule has 0 saturated heterocycles. The SMILES string of the molecule is COc1cc2nccc(Oc3ccc(NC(=O)c4c(C)n(C)n(-c5ccccc5)c4=O)c(Cl)c3)c2cc1OC. The van der Waals surface area contributed by atoms with Gasteiger partial charge in [0, 0.05) is 30.8 Å². The highest BCUT2D eigenvalue weighted by Crippen LogP contribution is 2.38. The summed E-state index contributed by atoms with van der Waals surface area (Å²) in [6.45, 7) is 1.72. The molecule has 0 fully saturated rings. The van der Waals surface area contributed by atoms with Crippen molar-refractivity contribution in [2.24, 2.45) is 7.05 Å². The average molecular weight is 545 g/mol. The number of pyridine rings is 1. The molecule has 1 amide bonds. The largest absolute Gasteiger partial charge is 0.493 e. The number of hydrogen-bond donors (Lipinski definition) is 1. The molecule has 0 aliphatic rings. The first-order valence-corrected chi connectivity index (χ1v) is 12.3. The summed E-state index contributed by atoms with van der Waals surface area (Å²) >= 11 is 6.51. The number of para-hydroxylation sites is 1. The van der Waals surface area contributed by atoms with Crippen LogP contribution in [-0.4, -0.2) is 34.5 Å². The summed E-state index contributed by atoms with van der Waals surface area (Å²) in [5, 5.41) is 3.72. The van der Waals surface area contributed by atoms with Crippen LogP contribution in [-0.2, 0) is 7.05 Å². The van der Waals surface area contributed by atoms with E-state index in [4.69, 9.17) is 25.8 Å². The van der Waals surface area contributed by atoms with Crippen LogP contribution in [0.5, 0.6) is 23.0 Å². The zero-order valence-corrected chi connectivity index (χ0v) is 22.4. The number of halogens is 1. The van der Waals surface area contributed by atoms with Gasteiger partial charge >= 0.3 is 0 Å². The molecule has 198 valence electrons. The Hall–Kier alpha value is -4.76. The van der Waals surface area contributed by atoms with Crippen LogP contribution in [0.3, 0.4) is 0 Å². The van der Waals surface area contributed by atoms with Crippen LogP contribution in [0.1, 0.15) is 16.1 Å². The molecular formula is C29H25ClN4O5. The van der Waals surface area contributed by atoms with Crippen molar-refractivity contribution >= 4 is 34.1 Å². The first-order chi connectivity index (χ1) is 18.8. The second-order valence-electron chi connectivity index (χ2n) is 8.67. The van der Waals surface area contributed by atoms with Gasteiger partial charge in [0.2, 0.25) is 0 Å². The quantitative estimate of drug-likeness (QED) is 0.280. The number of benzene rings is 3. The molecule has 39 heavy (non-hydrogen) atoms. The van der Waals surface area contributed by atoms with E-state index < -0.39 is 11.5 Å². The molecule has 0 spiro atoms. The summed E-state index contributed by atoms with van der Waals surface area (Å²) in [6.07, 6.45) is 1.63. The van der Waals surface area contributed by atoms with Gasteiger partial charge in [0.15, 0.2) is 11.5 Å². The molecule has 0 atom stereocenters. The van der Waals surface area contributed by atoms with E-state index in [1.165, 1.54) is 4.68 Å². The third-order valence-electron chi connectivity index (χ3n) is 6.40. The molecule has 0 aliphatic heterocycles. The molecule has 5 aromatic rings. The fourth-order valence-electron chi connectivity index (χ4n) is 4.34. The third-order valence-corrected chi connectivity index (χ3v) is 6.72. The Bertz CT molecular complexity index is 1760. The molecule has 0 saturated carbocycles. The minimum atomic E-state index is -0.556. The summed E-state index contributed by atoms with van der Waals surface area (Å²) in [7, 11) is 4.85. The number of carbonyl (C=O) groups is 1. The molecule has 2 heterocycles. The number of aromatic nitrogens is 3. The molecule has 1 N–H and O–H groups in total. The Morgan fingerprint density at radius 1 is 0.949 bits per heavy atom. The molecular weight excluding hydrogens is 520 g/mol. The number of anilines is 1. The van der Waals surface area contributed by atoms with Crippen LogP contribution >= 0.6 is 11.6 Å². The molecule has 3 aromatic carbocycles. The van der Waals surface area contributed by atoms with E-state index >= 15 is 0 Å². The number of nitrogens with zero attached hydrogens (tertiary/aromatic N) is 3. The van der Waals surface area contributed by atoms with Gasteiger partial charge in [-0.1, -0.05) is 29.8 Å². The number of amides is 1. The van der Waals surface area contributed by atoms with Gasteiger partial charge in [0.1, 0.15) is 17.1 Å². The van der Waals surface area contributed by atoms with Gasteiger partial charge in [-0.15, -0.1) is 0 Å². The van der Waals surface area contributed by atoms with E-state index in [0.717, 1.165) is 5.39 Å². The lowest BCUT2D eigenvalue weighted by molar-refractivity contribution is 0.102. The maximum absolute atomic E-state index is 13.2. The predicted octanol–water partition coefficient (Wildman–Crippen LogP) is 5.75. The summed E-state index contributed by atoms with van der Waals surface area (Å²) in [6, 6.07) is 19.3. The summed E-state index contributed by atoms with van der Waals surface area (Å²) in [4.78, 5) is 30.8. The standard InChI is InChI=1S/C29H25ClN4O5/c1-17-27(29(36)34(33(17)2)18-8-6-5-7-9-18)28(35)32-22-11-10-19(14-21(22)30)39-24-12-13-31-23-16-26(38-4)25(37-3)15-20(23)24/h5-16H,1-4H3,(H,32,35). The summed E-state index contributed by atoms with van der Waals surface area (Å²) in [5.41, 5.74) is 1.80. The highest BCUT2D eigenvalue weighted by molar-refractivity contribution is 6.34. The number of nitrogens with one attached hydrogen (secondary N) is 1. The predicted molar refractivity (Wildman–Crippen MR) is 150 cm³/mol. The monoisotopic (exact) mass is 544 g/mol. The van der Waals surface area contributed by atoms with Crippen molar-refractivity contribution in [2.75, 3.05) is 19.5 Å². The molecule has 0 aliphatic carbocycles. The van der Waals surface area contributed by atoms with Crippen LogP contribution in [0.15, 0.2) is 77.7 Å². The van der Waals surface area contributed by atoms with Gasteiger partial charge in [-0.05, 0) is 43.3 Å². The minimum absolute atomic E-state index is 0.0328. The molecule has 9 nitrogen and oxygen atoms in total. The number of hydrogen-bond acceptors (Lipinski definition) is 6. The van der Waals surface area contributed by atoms with Gasteiger partial charge in [-0.2, -0.15) is 0 Å². The average Bonchev–Trinajstić information content (AvgIpc) is 3.17. The fourth-order valence-corrected chi connectivity index (χ4v) is 4.56. The maximum atomic E-state index is 13.2. The van der Waals surface area contributed by atoms with E-state index in [9.17, 15) is 9.59 Å². The topological polar surface area (TPSA) is 96.6 Å². The Morgan fingerprint density at radius 3 is 2.36 bits per heavy atom. The summed E-state index contributed by atoms with van der Waals surface area (Å²) in [5.74, 6) is 1.53. The number of ether oxygens (including phenoxy) is 3. The van der Waals surface area contributed by atoms with Gasteiger partial charge < -0.3 is 19.5 Å². The molecule has 0 radical (unpaired) electrons. The Kier molecular flexibility index (Phi) is 7.00. The van der Waals surface area contributed by atoms with Crippen LogP contribution in [0.4, 0.5) is 5.69 Å². The summed E-state index contributed by atoms with van der Waals surface area (Å²) < 4.78 is 20.0. The minimum Gasteiger partial charge on any atom is -0.493 e. The number of carbonyl (C=O) groups excluding carboxylic acids is 1. The lowest BCUT2D eigenvalue weighted by atomic mass is 10.2. The van der Waals surface area contributed by atoms with Crippen molar-refractivity contribution < 1.29 is 19.0 Å². The molecule has 5 rings (SSSR count). The van der Waals surface area contributed by atoms with E-state index in [1.807, 2.05) is 18.2 Å². The van der Waals surface area contributed by atoms with Crippen LogP contribution < -0.4 is 25.1 Å². The Morgan fingerprint density at radius 2 is 1.67 bits per heavy atom. The van der Waals surface area contributed by atoms with Crippen molar-refractivity contribution in [3.63, 3.8) is 0 Å². The van der Waals surface area contributed by atoms with Crippen molar-refractivity contribution in [1.82, 2.24) is 14.3 Å². The molecule has 0 bridgehead atoms. The smallest absolute Gasteiger partial charge is 0.284 e. The van der Waals surface area contributed by atoms with E-state index in [-0.39, 0.29) is 10.6 Å². The Balaban J connectivity index is 1.41. The van der Waals surface area contributed by atoms with Crippen molar-refractivity contribution in [3.05, 3.63) is 99.6 Å². The number of methoxy groups -OCH3 is 2. The van der Waals surface area contributed by atoms with Crippen LogP contribution in [0, 0.1) is 6.92 Å². The van der Waals surface area contributed by atoms with Gasteiger partial charge in [-0.25, -0.2) is 4.68 Å². The van der Waals surface area contributed by atoms with Crippen molar-refractivity contribution in [3.8, 4) is 28.7 Å². The van der Waals surface area contributed by atoms with E-state index in [2.05, 4.69) is 10.3 Å². The van der Waals surface area contributed by atoms with Crippen LogP contribution in [0.2, 0.25) is 5.02 Å². The van der Waals surface area contributed by atoms with E-state index in [0.29, 0.717) is 45.6 Å². The zero-order valence-electron chi connectivity index (χ0n) is 21.7.